The van der Waals surface area contributed by atoms with E-state index in [-0.39, 0.29) is 6.09 Å². The van der Waals surface area contributed by atoms with E-state index in [4.69, 9.17) is 10.5 Å². The molecule has 5 nitrogen and oxygen atoms in total. The Morgan fingerprint density at radius 3 is 2.80 bits per heavy atom. The van der Waals surface area contributed by atoms with Crippen molar-refractivity contribution in [3.8, 4) is 0 Å². The fourth-order valence-electron chi connectivity index (χ4n) is 2.58. The number of hydrogen-bond donors (Lipinski definition) is 2. The van der Waals surface area contributed by atoms with Gasteiger partial charge in [0.25, 0.3) is 0 Å². The maximum Gasteiger partial charge on any atom is 0.410 e. The van der Waals surface area contributed by atoms with Gasteiger partial charge in [-0.25, -0.2) is 4.79 Å². The Kier molecular flexibility index (Phi) is 6.76. The number of nitrogens with two attached hydrogens (primary N) is 1. The maximum atomic E-state index is 12.2. The summed E-state index contributed by atoms with van der Waals surface area (Å²) in [6.45, 7) is 10.4. The Morgan fingerprint density at radius 1 is 1.50 bits per heavy atom. The van der Waals surface area contributed by atoms with Crippen LogP contribution in [0.3, 0.4) is 0 Å². The molecular weight excluding hydrogens is 254 g/mol. The summed E-state index contributed by atoms with van der Waals surface area (Å²) in [5.41, 5.74) is 5.07. The van der Waals surface area contributed by atoms with Crippen molar-refractivity contribution < 1.29 is 9.53 Å². The largest absolute Gasteiger partial charge is 0.444 e. The molecule has 1 heterocycles. The van der Waals surface area contributed by atoms with Crippen molar-refractivity contribution in [2.24, 2.45) is 5.73 Å². The molecule has 0 saturated carbocycles. The van der Waals surface area contributed by atoms with Crippen molar-refractivity contribution in [3.05, 3.63) is 0 Å². The number of carbonyl (C=O) groups is 1. The fraction of sp³-hybridized carbons (Fsp3) is 0.933. The lowest BCUT2D eigenvalue weighted by Gasteiger charge is -2.30. The highest BCUT2D eigenvalue weighted by Gasteiger charge is 2.32. The summed E-state index contributed by atoms with van der Waals surface area (Å²) < 4.78 is 5.48. The van der Waals surface area contributed by atoms with E-state index >= 15 is 0 Å². The van der Waals surface area contributed by atoms with Crippen LogP contribution in [0.4, 0.5) is 4.79 Å². The SMILES string of the molecule is CC(CC1CCCN1C(=O)OC(C)(C)C)NCCCN. The molecule has 1 aliphatic heterocycles. The molecule has 0 spiro atoms. The zero-order valence-corrected chi connectivity index (χ0v) is 13.4. The van der Waals surface area contributed by atoms with Crippen LogP contribution in [0, 0.1) is 0 Å². The van der Waals surface area contributed by atoms with Crippen LogP contribution in [0.25, 0.3) is 0 Å². The molecule has 1 amide bonds. The topological polar surface area (TPSA) is 67.6 Å². The monoisotopic (exact) mass is 285 g/mol. The molecule has 0 radical (unpaired) electrons. The van der Waals surface area contributed by atoms with Crippen LogP contribution in [0.2, 0.25) is 0 Å². The van der Waals surface area contributed by atoms with E-state index in [1.165, 1.54) is 0 Å². The van der Waals surface area contributed by atoms with E-state index in [1.54, 1.807) is 0 Å². The molecule has 1 saturated heterocycles. The van der Waals surface area contributed by atoms with Crippen LogP contribution < -0.4 is 11.1 Å². The first-order valence-corrected chi connectivity index (χ1v) is 7.76. The second-order valence-electron chi connectivity index (χ2n) is 6.70. The quantitative estimate of drug-likeness (QED) is 0.733. The first kappa shape index (κ1) is 17.2. The van der Waals surface area contributed by atoms with Gasteiger partial charge in [0.05, 0.1) is 0 Å². The summed E-state index contributed by atoms with van der Waals surface area (Å²) in [6.07, 6.45) is 3.94. The molecule has 1 rings (SSSR count). The molecule has 0 bridgehead atoms. The third-order valence-corrected chi connectivity index (χ3v) is 3.50. The average molecular weight is 285 g/mol. The first-order valence-electron chi connectivity index (χ1n) is 7.76. The van der Waals surface area contributed by atoms with Crippen LogP contribution in [-0.4, -0.2) is 48.3 Å². The summed E-state index contributed by atoms with van der Waals surface area (Å²) in [4.78, 5) is 14.1. The highest BCUT2D eigenvalue weighted by molar-refractivity contribution is 5.68. The minimum absolute atomic E-state index is 0.172. The molecule has 3 N–H and O–H groups in total. The van der Waals surface area contributed by atoms with Gasteiger partial charge in [-0.05, 0) is 66.5 Å². The minimum atomic E-state index is -0.421. The number of amides is 1. The van der Waals surface area contributed by atoms with Crippen LogP contribution in [0.5, 0.6) is 0 Å². The van der Waals surface area contributed by atoms with Crippen molar-refractivity contribution in [3.63, 3.8) is 0 Å². The highest BCUT2D eigenvalue weighted by Crippen LogP contribution is 2.23. The van der Waals surface area contributed by atoms with Gasteiger partial charge in [0.1, 0.15) is 5.60 Å². The number of hydrogen-bond acceptors (Lipinski definition) is 4. The molecule has 5 heteroatoms. The molecule has 1 aliphatic rings. The summed E-state index contributed by atoms with van der Waals surface area (Å²) in [7, 11) is 0. The van der Waals surface area contributed by atoms with E-state index in [2.05, 4.69) is 12.2 Å². The molecule has 1 fully saturated rings. The summed E-state index contributed by atoms with van der Waals surface area (Å²) in [6, 6.07) is 0.694. The van der Waals surface area contributed by atoms with Gasteiger partial charge in [0.2, 0.25) is 0 Å². The molecule has 0 aromatic carbocycles. The third kappa shape index (κ3) is 6.09. The van der Waals surface area contributed by atoms with Gasteiger partial charge in [-0.15, -0.1) is 0 Å². The van der Waals surface area contributed by atoms with Crippen molar-refractivity contribution in [1.29, 1.82) is 0 Å². The number of likely N-dealkylation sites (tertiary alicyclic amines) is 1. The minimum Gasteiger partial charge on any atom is -0.444 e. The predicted molar refractivity (Wildman–Crippen MR) is 81.7 cm³/mol. The Morgan fingerprint density at radius 2 is 2.20 bits per heavy atom. The Bertz CT molecular complexity index is 302. The van der Waals surface area contributed by atoms with Gasteiger partial charge >= 0.3 is 6.09 Å². The van der Waals surface area contributed by atoms with Crippen molar-refractivity contribution >= 4 is 6.09 Å². The van der Waals surface area contributed by atoms with Gasteiger partial charge in [-0.3, -0.25) is 0 Å². The van der Waals surface area contributed by atoms with Gasteiger partial charge in [0.15, 0.2) is 0 Å². The Balaban J connectivity index is 2.42. The molecule has 0 aliphatic carbocycles. The predicted octanol–water partition coefficient (Wildman–Crippen LogP) is 2.10. The maximum absolute atomic E-state index is 12.2. The van der Waals surface area contributed by atoms with E-state index in [1.807, 2.05) is 25.7 Å². The van der Waals surface area contributed by atoms with Crippen LogP contribution in [0.1, 0.15) is 53.4 Å². The van der Waals surface area contributed by atoms with Crippen molar-refractivity contribution in [2.45, 2.75) is 71.1 Å². The number of rotatable bonds is 6. The van der Waals surface area contributed by atoms with E-state index in [9.17, 15) is 4.79 Å². The lowest BCUT2D eigenvalue weighted by molar-refractivity contribution is 0.0215. The van der Waals surface area contributed by atoms with Crippen LogP contribution >= 0.6 is 0 Å². The Labute approximate surface area is 123 Å². The number of nitrogens with one attached hydrogen (secondary N) is 1. The van der Waals surface area contributed by atoms with Crippen molar-refractivity contribution in [2.75, 3.05) is 19.6 Å². The molecule has 118 valence electrons. The second-order valence-corrected chi connectivity index (χ2v) is 6.70. The second kappa shape index (κ2) is 7.84. The van der Waals surface area contributed by atoms with Crippen LogP contribution in [-0.2, 0) is 4.74 Å². The van der Waals surface area contributed by atoms with Gasteiger partial charge < -0.3 is 20.7 Å². The molecular formula is C15H31N3O2. The zero-order valence-electron chi connectivity index (χ0n) is 13.4. The zero-order chi connectivity index (χ0) is 15.2. The lowest BCUT2D eigenvalue weighted by Crippen LogP contribution is -2.42. The summed E-state index contributed by atoms with van der Waals surface area (Å²) in [5, 5.41) is 3.46. The smallest absolute Gasteiger partial charge is 0.410 e. The molecule has 0 aromatic rings. The fourth-order valence-corrected chi connectivity index (χ4v) is 2.58. The Hall–Kier alpha value is -0.810. The van der Waals surface area contributed by atoms with Crippen molar-refractivity contribution in [1.82, 2.24) is 10.2 Å². The number of ether oxygens (including phenoxy) is 1. The van der Waals surface area contributed by atoms with Gasteiger partial charge in [-0.2, -0.15) is 0 Å². The molecule has 20 heavy (non-hydrogen) atoms. The standard InChI is InChI=1S/C15H31N3O2/c1-12(17-9-6-8-16)11-13-7-5-10-18(13)14(19)20-15(2,3)4/h12-13,17H,5-11,16H2,1-4H3. The normalized spacial score (nSPS) is 21.1. The van der Waals surface area contributed by atoms with Crippen LogP contribution in [0.15, 0.2) is 0 Å². The third-order valence-electron chi connectivity index (χ3n) is 3.50. The van der Waals surface area contributed by atoms with E-state index in [0.717, 1.165) is 38.8 Å². The molecule has 2 atom stereocenters. The van der Waals surface area contributed by atoms with E-state index in [0.29, 0.717) is 18.6 Å². The molecule has 2 unspecified atom stereocenters. The lowest BCUT2D eigenvalue weighted by atomic mass is 10.1. The highest BCUT2D eigenvalue weighted by atomic mass is 16.6. The summed E-state index contributed by atoms with van der Waals surface area (Å²) in [5.74, 6) is 0. The van der Waals surface area contributed by atoms with Gasteiger partial charge in [0, 0.05) is 18.6 Å². The number of nitrogens with zero attached hydrogens (tertiary/aromatic N) is 1. The molecule has 0 aromatic heterocycles. The van der Waals surface area contributed by atoms with E-state index < -0.39 is 5.60 Å². The van der Waals surface area contributed by atoms with Gasteiger partial charge in [-0.1, -0.05) is 0 Å². The number of carbonyl (C=O) groups excluding carboxylic acids is 1. The average Bonchev–Trinajstić information content (AvgIpc) is 2.75. The first-order chi connectivity index (χ1) is 9.33. The summed E-state index contributed by atoms with van der Waals surface area (Å²) >= 11 is 0.